The molecule has 2 aromatic heterocycles. The Morgan fingerprint density at radius 2 is 1.97 bits per heavy atom. The predicted molar refractivity (Wildman–Crippen MR) is 115 cm³/mol. The number of nitrogens with zero attached hydrogens (tertiary/aromatic N) is 1. The molecule has 6 nitrogen and oxygen atoms in total. The standard InChI is InChI=1S/C21H16ClFN4O2S/c22-16-7-2-1-5-13(16)9-18(28)25-19-15-10-17(30-21(15)27-26-19)20(29)24-11-12-4-3-6-14(23)8-12/h1-8,10H,9,11H2,(H,24,29)(H2,25,26,27,28). The lowest BCUT2D eigenvalue weighted by Crippen LogP contribution is -2.21. The van der Waals surface area contributed by atoms with Crippen molar-refractivity contribution in [1.82, 2.24) is 15.5 Å². The van der Waals surface area contributed by atoms with Gasteiger partial charge >= 0.3 is 0 Å². The van der Waals surface area contributed by atoms with Crippen molar-refractivity contribution in [3.8, 4) is 0 Å². The van der Waals surface area contributed by atoms with Crippen molar-refractivity contribution in [1.29, 1.82) is 0 Å². The highest BCUT2D eigenvalue weighted by molar-refractivity contribution is 7.20. The van der Waals surface area contributed by atoms with Crippen molar-refractivity contribution in [2.45, 2.75) is 13.0 Å². The van der Waals surface area contributed by atoms with Crippen molar-refractivity contribution in [2.75, 3.05) is 5.32 Å². The zero-order valence-electron chi connectivity index (χ0n) is 15.5. The van der Waals surface area contributed by atoms with Crippen molar-refractivity contribution >= 4 is 50.8 Å². The van der Waals surface area contributed by atoms with E-state index < -0.39 is 0 Å². The summed E-state index contributed by atoms with van der Waals surface area (Å²) in [5.74, 6) is -0.483. The molecule has 2 amide bonds. The van der Waals surface area contributed by atoms with E-state index in [2.05, 4.69) is 20.8 Å². The molecule has 0 atom stereocenters. The van der Waals surface area contributed by atoms with Crippen LogP contribution in [0.4, 0.5) is 10.2 Å². The largest absolute Gasteiger partial charge is 0.347 e. The van der Waals surface area contributed by atoms with E-state index in [1.807, 2.05) is 6.07 Å². The maximum absolute atomic E-state index is 13.3. The molecule has 2 aromatic carbocycles. The lowest BCUT2D eigenvalue weighted by molar-refractivity contribution is -0.115. The summed E-state index contributed by atoms with van der Waals surface area (Å²) in [6.07, 6.45) is 0.116. The number of aromatic nitrogens is 2. The summed E-state index contributed by atoms with van der Waals surface area (Å²) in [6.45, 7) is 0.208. The van der Waals surface area contributed by atoms with Crippen molar-refractivity contribution in [3.05, 3.63) is 81.4 Å². The van der Waals surface area contributed by atoms with E-state index in [4.69, 9.17) is 11.6 Å². The first-order valence-corrected chi connectivity index (χ1v) is 10.2. The molecule has 0 bridgehead atoms. The molecule has 0 spiro atoms. The summed E-state index contributed by atoms with van der Waals surface area (Å²) >= 11 is 7.30. The van der Waals surface area contributed by atoms with E-state index in [1.54, 1.807) is 36.4 Å². The normalized spacial score (nSPS) is 10.9. The molecule has 4 rings (SSSR count). The smallest absolute Gasteiger partial charge is 0.261 e. The fourth-order valence-electron chi connectivity index (χ4n) is 2.93. The van der Waals surface area contributed by atoms with Crippen LogP contribution in [0.25, 0.3) is 10.2 Å². The Balaban J connectivity index is 1.43. The first-order valence-electron chi connectivity index (χ1n) is 9.03. The molecule has 3 N–H and O–H groups in total. The molecule has 0 saturated heterocycles. The summed E-state index contributed by atoms with van der Waals surface area (Å²) < 4.78 is 13.3. The third kappa shape index (κ3) is 4.50. The fourth-order valence-corrected chi connectivity index (χ4v) is 4.05. The van der Waals surface area contributed by atoms with E-state index >= 15 is 0 Å². The van der Waals surface area contributed by atoms with Crippen LogP contribution >= 0.6 is 22.9 Å². The highest BCUT2D eigenvalue weighted by Gasteiger charge is 2.17. The highest BCUT2D eigenvalue weighted by atomic mass is 35.5. The second kappa shape index (κ2) is 8.64. The van der Waals surface area contributed by atoms with Crippen LogP contribution in [0.3, 0.4) is 0 Å². The highest BCUT2D eigenvalue weighted by Crippen LogP contribution is 2.29. The molecular formula is C21H16ClFN4O2S. The Morgan fingerprint density at radius 3 is 2.77 bits per heavy atom. The van der Waals surface area contributed by atoms with Gasteiger partial charge in [-0.25, -0.2) is 4.39 Å². The van der Waals surface area contributed by atoms with Gasteiger partial charge in [-0.05, 0) is 35.4 Å². The van der Waals surface area contributed by atoms with Gasteiger partial charge in [-0.2, -0.15) is 5.10 Å². The van der Waals surface area contributed by atoms with Crippen LogP contribution in [0, 0.1) is 5.82 Å². The second-order valence-corrected chi connectivity index (χ2v) is 7.99. The van der Waals surface area contributed by atoms with Gasteiger partial charge in [0.25, 0.3) is 5.91 Å². The van der Waals surface area contributed by atoms with E-state index in [0.29, 0.717) is 31.5 Å². The van der Waals surface area contributed by atoms with Crippen LogP contribution in [-0.4, -0.2) is 22.0 Å². The molecule has 0 fully saturated rings. The van der Waals surface area contributed by atoms with Gasteiger partial charge in [0, 0.05) is 11.6 Å². The van der Waals surface area contributed by atoms with Gasteiger partial charge in [0.05, 0.1) is 16.7 Å². The molecular weight excluding hydrogens is 427 g/mol. The summed E-state index contributed by atoms with van der Waals surface area (Å²) in [6, 6.07) is 14.8. The number of carbonyl (C=O) groups excluding carboxylic acids is 2. The Kier molecular flexibility index (Phi) is 5.78. The maximum atomic E-state index is 13.3. The monoisotopic (exact) mass is 442 g/mol. The summed E-state index contributed by atoms with van der Waals surface area (Å²) in [5, 5.41) is 13.6. The lowest BCUT2D eigenvalue weighted by Gasteiger charge is -2.05. The third-order valence-corrected chi connectivity index (χ3v) is 5.79. The average molecular weight is 443 g/mol. The van der Waals surface area contributed by atoms with Crippen molar-refractivity contribution in [3.63, 3.8) is 0 Å². The summed E-state index contributed by atoms with van der Waals surface area (Å²) in [7, 11) is 0. The first kappa shape index (κ1) is 20.1. The Labute approximate surface area is 180 Å². The molecule has 4 aromatic rings. The van der Waals surface area contributed by atoms with Crippen LogP contribution in [0.2, 0.25) is 5.02 Å². The number of anilines is 1. The topological polar surface area (TPSA) is 86.9 Å². The number of hydrogen-bond acceptors (Lipinski definition) is 4. The quantitative estimate of drug-likeness (QED) is 0.410. The lowest BCUT2D eigenvalue weighted by atomic mass is 10.1. The number of benzene rings is 2. The summed E-state index contributed by atoms with van der Waals surface area (Å²) in [4.78, 5) is 25.9. The van der Waals surface area contributed by atoms with Crippen LogP contribution in [0.15, 0.2) is 54.6 Å². The SMILES string of the molecule is O=C(Cc1ccccc1Cl)Nc1[nH]nc2sc(C(=O)NCc3cccc(F)c3)cc12. The van der Waals surface area contributed by atoms with Crippen LogP contribution in [-0.2, 0) is 17.8 Å². The minimum absolute atomic E-state index is 0.116. The maximum Gasteiger partial charge on any atom is 0.261 e. The molecule has 0 aliphatic carbocycles. The number of fused-ring (bicyclic) bond motifs is 1. The molecule has 0 saturated carbocycles. The van der Waals surface area contributed by atoms with E-state index in [-0.39, 0.29) is 30.6 Å². The van der Waals surface area contributed by atoms with E-state index in [9.17, 15) is 14.0 Å². The molecule has 9 heteroatoms. The Morgan fingerprint density at radius 1 is 1.13 bits per heavy atom. The minimum Gasteiger partial charge on any atom is -0.347 e. The van der Waals surface area contributed by atoms with E-state index in [1.165, 1.54) is 23.5 Å². The third-order valence-electron chi connectivity index (χ3n) is 4.39. The number of aromatic amines is 1. The van der Waals surface area contributed by atoms with Gasteiger partial charge in [0.15, 0.2) is 0 Å². The molecule has 2 heterocycles. The van der Waals surface area contributed by atoms with Gasteiger partial charge in [-0.15, -0.1) is 11.3 Å². The number of thiophene rings is 1. The average Bonchev–Trinajstić information content (AvgIpc) is 3.30. The van der Waals surface area contributed by atoms with Crippen molar-refractivity contribution in [2.24, 2.45) is 0 Å². The van der Waals surface area contributed by atoms with Gasteiger partial charge < -0.3 is 10.6 Å². The molecule has 0 unspecified atom stereocenters. The Hall–Kier alpha value is -3.23. The zero-order chi connectivity index (χ0) is 21.1. The first-order chi connectivity index (χ1) is 14.5. The molecule has 152 valence electrons. The van der Waals surface area contributed by atoms with E-state index in [0.717, 1.165) is 5.56 Å². The van der Waals surface area contributed by atoms with Crippen LogP contribution < -0.4 is 10.6 Å². The van der Waals surface area contributed by atoms with Crippen LogP contribution in [0.5, 0.6) is 0 Å². The van der Waals surface area contributed by atoms with Crippen molar-refractivity contribution < 1.29 is 14.0 Å². The number of H-pyrrole nitrogens is 1. The minimum atomic E-state index is -0.353. The molecule has 0 aliphatic heterocycles. The molecule has 0 radical (unpaired) electrons. The second-order valence-electron chi connectivity index (χ2n) is 6.56. The van der Waals surface area contributed by atoms with Gasteiger partial charge in [0.1, 0.15) is 16.5 Å². The van der Waals surface area contributed by atoms with Gasteiger partial charge in [-0.3, -0.25) is 14.7 Å². The number of nitrogens with one attached hydrogen (secondary N) is 3. The number of amides is 2. The van der Waals surface area contributed by atoms with Gasteiger partial charge in [0.2, 0.25) is 5.91 Å². The fraction of sp³-hybridized carbons (Fsp3) is 0.0952. The number of hydrogen-bond donors (Lipinski definition) is 3. The number of halogens is 2. The number of rotatable bonds is 6. The Bertz CT molecular complexity index is 1240. The zero-order valence-corrected chi connectivity index (χ0v) is 17.1. The molecule has 0 aliphatic rings. The summed E-state index contributed by atoms with van der Waals surface area (Å²) in [5.41, 5.74) is 1.38. The van der Waals surface area contributed by atoms with Crippen LogP contribution in [0.1, 0.15) is 20.8 Å². The predicted octanol–water partition coefficient (Wildman–Crippen LogP) is 4.53. The molecule has 30 heavy (non-hydrogen) atoms. The van der Waals surface area contributed by atoms with Gasteiger partial charge in [-0.1, -0.05) is 41.9 Å². The number of carbonyl (C=O) groups is 2.